The highest BCUT2D eigenvalue weighted by atomic mass is 16.6. The number of piperidine rings is 1. The van der Waals surface area contributed by atoms with Crippen LogP contribution in [0.4, 0.5) is 0 Å². The molecule has 4 heteroatoms. The van der Waals surface area contributed by atoms with Crippen LogP contribution < -0.4 is 5.73 Å². The Morgan fingerprint density at radius 1 is 1.40 bits per heavy atom. The predicted octanol–water partition coefficient (Wildman–Crippen LogP) is 0.213. The minimum absolute atomic E-state index is 0.260. The minimum Gasteiger partial charge on any atom is -0.376 e. The lowest BCUT2D eigenvalue weighted by atomic mass is 9.99. The van der Waals surface area contributed by atoms with Crippen LogP contribution in [0.5, 0.6) is 0 Å². The third-order valence-corrected chi connectivity index (χ3v) is 3.38. The third kappa shape index (κ3) is 3.14. The van der Waals surface area contributed by atoms with E-state index in [4.69, 9.17) is 15.2 Å². The van der Waals surface area contributed by atoms with Gasteiger partial charge in [-0.25, -0.2) is 0 Å². The number of hydrogen-bond acceptors (Lipinski definition) is 4. The van der Waals surface area contributed by atoms with Crippen LogP contribution in [0.1, 0.15) is 19.8 Å². The van der Waals surface area contributed by atoms with E-state index in [1.807, 2.05) is 0 Å². The second-order valence-corrected chi connectivity index (χ2v) is 4.70. The maximum Gasteiger partial charge on any atom is 0.0936 e. The molecule has 2 fully saturated rings. The van der Waals surface area contributed by atoms with E-state index in [2.05, 4.69) is 11.8 Å². The van der Waals surface area contributed by atoms with E-state index >= 15 is 0 Å². The number of ether oxygens (including phenoxy) is 2. The lowest BCUT2D eigenvalue weighted by Gasteiger charge is -2.38. The first-order valence-electron chi connectivity index (χ1n) is 5.94. The third-order valence-electron chi connectivity index (χ3n) is 3.38. The first kappa shape index (κ1) is 11.3. The first-order valence-corrected chi connectivity index (χ1v) is 5.94. The normalized spacial score (nSPS) is 39.2. The van der Waals surface area contributed by atoms with Crippen molar-refractivity contribution in [3.8, 4) is 0 Å². The monoisotopic (exact) mass is 214 g/mol. The van der Waals surface area contributed by atoms with Gasteiger partial charge in [-0.3, -0.25) is 4.90 Å². The molecule has 2 N–H and O–H groups in total. The van der Waals surface area contributed by atoms with Gasteiger partial charge in [0.05, 0.1) is 25.9 Å². The summed E-state index contributed by atoms with van der Waals surface area (Å²) in [5, 5.41) is 0. The maximum absolute atomic E-state index is 5.94. The van der Waals surface area contributed by atoms with Crippen molar-refractivity contribution in [2.75, 3.05) is 32.9 Å². The van der Waals surface area contributed by atoms with Crippen molar-refractivity contribution in [3.63, 3.8) is 0 Å². The lowest BCUT2D eigenvalue weighted by Crippen LogP contribution is -2.50. The molecule has 0 saturated carbocycles. The van der Waals surface area contributed by atoms with Gasteiger partial charge in [0.25, 0.3) is 0 Å². The lowest BCUT2D eigenvalue weighted by molar-refractivity contribution is -0.102. The molecule has 0 bridgehead atoms. The van der Waals surface area contributed by atoms with E-state index in [1.165, 1.54) is 0 Å². The summed E-state index contributed by atoms with van der Waals surface area (Å²) < 4.78 is 11.1. The molecule has 0 aromatic heterocycles. The van der Waals surface area contributed by atoms with Crippen LogP contribution in [0.2, 0.25) is 0 Å². The Balaban J connectivity index is 1.77. The molecule has 88 valence electrons. The smallest absolute Gasteiger partial charge is 0.0936 e. The summed E-state index contributed by atoms with van der Waals surface area (Å²) in [4.78, 5) is 2.47. The highest BCUT2D eigenvalue weighted by molar-refractivity contribution is 4.82. The maximum atomic E-state index is 5.94. The molecule has 3 unspecified atom stereocenters. The number of rotatable bonds is 2. The Morgan fingerprint density at radius 2 is 2.27 bits per heavy atom. The first-order chi connectivity index (χ1) is 7.25. The Labute approximate surface area is 91.7 Å². The van der Waals surface area contributed by atoms with E-state index in [-0.39, 0.29) is 6.10 Å². The summed E-state index contributed by atoms with van der Waals surface area (Å²) in [6, 6.07) is 0.971. The van der Waals surface area contributed by atoms with Gasteiger partial charge in [-0.05, 0) is 26.3 Å². The molecule has 0 radical (unpaired) electrons. The van der Waals surface area contributed by atoms with Crippen LogP contribution in [-0.2, 0) is 9.47 Å². The Kier molecular flexibility index (Phi) is 3.97. The highest BCUT2D eigenvalue weighted by Gasteiger charge is 2.26. The van der Waals surface area contributed by atoms with Crippen molar-refractivity contribution < 1.29 is 9.47 Å². The van der Waals surface area contributed by atoms with Gasteiger partial charge < -0.3 is 15.2 Å². The molecule has 0 spiro atoms. The van der Waals surface area contributed by atoms with Crippen LogP contribution >= 0.6 is 0 Å². The fraction of sp³-hybridized carbons (Fsp3) is 1.00. The molecular formula is C11H22N2O2. The van der Waals surface area contributed by atoms with E-state index in [0.717, 1.165) is 45.8 Å². The summed E-state index contributed by atoms with van der Waals surface area (Å²) in [5.74, 6) is 0. The molecule has 3 atom stereocenters. The summed E-state index contributed by atoms with van der Waals surface area (Å²) in [6.45, 7) is 6.58. The molecule has 0 amide bonds. The molecule has 2 heterocycles. The quantitative estimate of drug-likeness (QED) is 0.714. The fourth-order valence-corrected chi connectivity index (χ4v) is 2.43. The molecule has 2 aliphatic rings. The molecule has 0 aliphatic carbocycles. The molecule has 0 aromatic carbocycles. The SMILES string of the molecule is CC1CC(N)CCN1CC1COCCO1. The van der Waals surface area contributed by atoms with Crippen LogP contribution in [0.25, 0.3) is 0 Å². The van der Waals surface area contributed by atoms with Gasteiger partial charge in [0.15, 0.2) is 0 Å². The van der Waals surface area contributed by atoms with Crippen molar-refractivity contribution in [1.82, 2.24) is 4.90 Å². The average molecular weight is 214 g/mol. The van der Waals surface area contributed by atoms with Gasteiger partial charge in [0.2, 0.25) is 0 Å². The van der Waals surface area contributed by atoms with Crippen LogP contribution in [-0.4, -0.2) is 56.0 Å². The molecule has 15 heavy (non-hydrogen) atoms. The standard InChI is InChI=1S/C11H22N2O2/c1-9-6-10(12)2-3-13(9)7-11-8-14-4-5-15-11/h9-11H,2-8,12H2,1H3. The topological polar surface area (TPSA) is 47.7 Å². The average Bonchev–Trinajstić information content (AvgIpc) is 2.24. The van der Waals surface area contributed by atoms with Crippen molar-refractivity contribution in [2.45, 2.75) is 38.0 Å². The van der Waals surface area contributed by atoms with Crippen molar-refractivity contribution in [2.24, 2.45) is 5.73 Å². The van der Waals surface area contributed by atoms with Crippen LogP contribution in [0, 0.1) is 0 Å². The summed E-state index contributed by atoms with van der Waals surface area (Å²) in [5.41, 5.74) is 5.94. The van der Waals surface area contributed by atoms with E-state index in [9.17, 15) is 0 Å². The Morgan fingerprint density at radius 3 is 2.93 bits per heavy atom. The fourth-order valence-electron chi connectivity index (χ4n) is 2.43. The Hall–Kier alpha value is -0.160. The number of likely N-dealkylation sites (tertiary alicyclic amines) is 1. The number of hydrogen-bond donors (Lipinski definition) is 1. The number of nitrogens with two attached hydrogens (primary N) is 1. The Bertz CT molecular complexity index is 195. The molecule has 2 rings (SSSR count). The highest BCUT2D eigenvalue weighted by Crippen LogP contribution is 2.17. The molecular weight excluding hydrogens is 192 g/mol. The largest absolute Gasteiger partial charge is 0.376 e. The van der Waals surface area contributed by atoms with E-state index in [0.29, 0.717) is 12.1 Å². The van der Waals surface area contributed by atoms with Crippen molar-refractivity contribution >= 4 is 0 Å². The zero-order valence-electron chi connectivity index (χ0n) is 9.52. The van der Waals surface area contributed by atoms with Gasteiger partial charge in [-0.15, -0.1) is 0 Å². The second kappa shape index (κ2) is 5.25. The summed E-state index contributed by atoms with van der Waals surface area (Å²) in [6.07, 6.45) is 2.47. The predicted molar refractivity (Wildman–Crippen MR) is 58.8 cm³/mol. The van der Waals surface area contributed by atoms with E-state index in [1.54, 1.807) is 0 Å². The van der Waals surface area contributed by atoms with Gasteiger partial charge in [0.1, 0.15) is 0 Å². The molecule has 4 nitrogen and oxygen atoms in total. The zero-order valence-corrected chi connectivity index (χ0v) is 9.52. The summed E-state index contributed by atoms with van der Waals surface area (Å²) >= 11 is 0. The van der Waals surface area contributed by atoms with Gasteiger partial charge in [-0.1, -0.05) is 0 Å². The van der Waals surface area contributed by atoms with Gasteiger partial charge >= 0.3 is 0 Å². The van der Waals surface area contributed by atoms with Crippen molar-refractivity contribution in [3.05, 3.63) is 0 Å². The molecule has 0 aromatic rings. The molecule has 2 saturated heterocycles. The zero-order chi connectivity index (χ0) is 10.7. The second-order valence-electron chi connectivity index (χ2n) is 4.70. The van der Waals surface area contributed by atoms with Crippen LogP contribution in [0.15, 0.2) is 0 Å². The van der Waals surface area contributed by atoms with E-state index < -0.39 is 0 Å². The number of nitrogens with zero attached hydrogens (tertiary/aromatic N) is 1. The van der Waals surface area contributed by atoms with Crippen molar-refractivity contribution in [1.29, 1.82) is 0 Å². The molecule has 2 aliphatic heterocycles. The minimum atomic E-state index is 0.260. The summed E-state index contributed by atoms with van der Waals surface area (Å²) in [7, 11) is 0. The van der Waals surface area contributed by atoms with Crippen LogP contribution in [0.3, 0.4) is 0 Å². The van der Waals surface area contributed by atoms with Gasteiger partial charge in [-0.2, -0.15) is 0 Å². The van der Waals surface area contributed by atoms with Gasteiger partial charge in [0, 0.05) is 18.6 Å².